The summed E-state index contributed by atoms with van der Waals surface area (Å²) < 4.78 is 1.47. The summed E-state index contributed by atoms with van der Waals surface area (Å²) in [6.45, 7) is 1.96. The summed E-state index contributed by atoms with van der Waals surface area (Å²) in [5.41, 5.74) is 0.926. The molecule has 1 aromatic heterocycles. The van der Waals surface area contributed by atoms with Crippen LogP contribution in [-0.2, 0) is 13.5 Å². The minimum atomic E-state index is 0.0810. The Bertz CT molecular complexity index is 246. The summed E-state index contributed by atoms with van der Waals surface area (Å²) in [5.74, 6) is 0. The Morgan fingerprint density at radius 2 is 2.44 bits per heavy atom. The fraction of sp³-hybridized carbons (Fsp3) is 0.500. The highest BCUT2D eigenvalue weighted by Crippen LogP contribution is 1.86. The summed E-state index contributed by atoms with van der Waals surface area (Å²) >= 11 is 0. The quantitative estimate of drug-likeness (QED) is 0.576. The van der Waals surface area contributed by atoms with Crippen LogP contribution < -0.4 is 5.56 Å². The fourth-order valence-corrected chi connectivity index (χ4v) is 0.764. The molecule has 1 rings (SSSR count). The van der Waals surface area contributed by atoms with Gasteiger partial charge in [0.15, 0.2) is 0 Å². The van der Waals surface area contributed by atoms with Crippen LogP contribution in [0.1, 0.15) is 12.5 Å². The van der Waals surface area contributed by atoms with Gasteiger partial charge in [-0.15, -0.1) is 0 Å². The van der Waals surface area contributed by atoms with Crippen molar-refractivity contribution in [3.8, 4) is 0 Å². The van der Waals surface area contributed by atoms with Gasteiger partial charge in [0.05, 0.1) is 0 Å². The molecular formula is C6H10N2O. The Hall–Kier alpha value is -0.990. The first-order valence-corrected chi connectivity index (χ1v) is 2.99. The molecule has 0 aliphatic rings. The van der Waals surface area contributed by atoms with Crippen LogP contribution in [0.5, 0.6) is 0 Å². The molecule has 1 aromatic rings. The SMILES string of the molecule is CCc1c[nH]n(C)c1=O. The normalized spacial score (nSPS) is 10.0. The molecule has 0 spiro atoms. The van der Waals surface area contributed by atoms with Gasteiger partial charge in [-0.2, -0.15) is 0 Å². The molecule has 1 N–H and O–H groups in total. The largest absolute Gasteiger partial charge is 0.303 e. The molecule has 50 valence electrons. The summed E-state index contributed by atoms with van der Waals surface area (Å²) in [7, 11) is 1.71. The first-order valence-electron chi connectivity index (χ1n) is 2.99. The molecule has 0 radical (unpaired) electrons. The molecule has 0 fully saturated rings. The lowest BCUT2D eigenvalue weighted by molar-refractivity contribution is 0.737. The van der Waals surface area contributed by atoms with E-state index in [0.717, 1.165) is 12.0 Å². The van der Waals surface area contributed by atoms with E-state index in [4.69, 9.17) is 0 Å². The van der Waals surface area contributed by atoms with Crippen molar-refractivity contribution < 1.29 is 0 Å². The van der Waals surface area contributed by atoms with E-state index in [1.165, 1.54) is 4.68 Å². The van der Waals surface area contributed by atoms with Gasteiger partial charge in [-0.3, -0.25) is 9.48 Å². The number of nitrogens with zero attached hydrogens (tertiary/aromatic N) is 1. The minimum Gasteiger partial charge on any atom is -0.303 e. The summed E-state index contributed by atoms with van der Waals surface area (Å²) in [6, 6.07) is 0. The Labute approximate surface area is 53.3 Å². The number of rotatable bonds is 1. The molecule has 9 heavy (non-hydrogen) atoms. The highest BCUT2D eigenvalue weighted by molar-refractivity contribution is 5.03. The second kappa shape index (κ2) is 2.09. The Morgan fingerprint density at radius 1 is 1.78 bits per heavy atom. The van der Waals surface area contributed by atoms with Crippen molar-refractivity contribution in [3.05, 3.63) is 22.1 Å². The Morgan fingerprint density at radius 3 is 2.67 bits per heavy atom. The number of hydrogen-bond acceptors (Lipinski definition) is 1. The van der Waals surface area contributed by atoms with Crippen LogP contribution in [-0.4, -0.2) is 9.78 Å². The van der Waals surface area contributed by atoms with E-state index in [2.05, 4.69) is 5.10 Å². The number of aromatic amines is 1. The molecule has 0 saturated carbocycles. The third kappa shape index (κ3) is 0.896. The lowest BCUT2D eigenvalue weighted by atomic mass is 10.3. The van der Waals surface area contributed by atoms with Gasteiger partial charge in [0.2, 0.25) is 0 Å². The smallest absolute Gasteiger partial charge is 0.269 e. The number of H-pyrrole nitrogens is 1. The van der Waals surface area contributed by atoms with Gasteiger partial charge in [-0.25, -0.2) is 0 Å². The highest BCUT2D eigenvalue weighted by Gasteiger charge is 1.97. The molecule has 0 aromatic carbocycles. The summed E-state index contributed by atoms with van der Waals surface area (Å²) in [6.07, 6.45) is 2.54. The van der Waals surface area contributed by atoms with Crippen LogP contribution in [0.3, 0.4) is 0 Å². The summed E-state index contributed by atoms with van der Waals surface area (Å²) in [5, 5.41) is 2.79. The van der Waals surface area contributed by atoms with E-state index in [1.807, 2.05) is 6.92 Å². The molecule has 3 nitrogen and oxygen atoms in total. The van der Waals surface area contributed by atoms with E-state index in [0.29, 0.717) is 0 Å². The third-order valence-electron chi connectivity index (χ3n) is 1.39. The predicted octanol–water partition coefficient (Wildman–Crippen LogP) is 0.276. The second-order valence-electron chi connectivity index (χ2n) is 2.02. The van der Waals surface area contributed by atoms with Gasteiger partial charge in [-0.05, 0) is 6.42 Å². The molecule has 0 amide bonds. The van der Waals surface area contributed by atoms with Crippen molar-refractivity contribution in [1.29, 1.82) is 0 Å². The van der Waals surface area contributed by atoms with Gasteiger partial charge in [0, 0.05) is 18.8 Å². The summed E-state index contributed by atoms with van der Waals surface area (Å²) in [4.78, 5) is 10.9. The second-order valence-corrected chi connectivity index (χ2v) is 2.02. The maximum Gasteiger partial charge on any atom is 0.269 e. The first kappa shape index (κ1) is 6.13. The van der Waals surface area contributed by atoms with Crippen molar-refractivity contribution in [2.45, 2.75) is 13.3 Å². The van der Waals surface area contributed by atoms with Crippen LogP contribution in [0, 0.1) is 0 Å². The topological polar surface area (TPSA) is 37.8 Å². The maximum absolute atomic E-state index is 10.9. The molecule has 0 aliphatic carbocycles. The molecule has 1 heterocycles. The molecular weight excluding hydrogens is 116 g/mol. The highest BCUT2D eigenvalue weighted by atomic mass is 16.1. The average molecular weight is 126 g/mol. The standard InChI is InChI=1S/C6H10N2O/c1-3-5-4-7-8(2)6(5)9/h4,7H,3H2,1-2H3. The predicted molar refractivity (Wildman–Crippen MR) is 35.4 cm³/mol. The van der Waals surface area contributed by atoms with Gasteiger partial charge in [-0.1, -0.05) is 6.92 Å². The lowest BCUT2D eigenvalue weighted by Crippen LogP contribution is -2.14. The first-order chi connectivity index (χ1) is 4.25. The fourth-order valence-electron chi connectivity index (χ4n) is 0.764. The van der Waals surface area contributed by atoms with Gasteiger partial charge in [0.25, 0.3) is 5.56 Å². The van der Waals surface area contributed by atoms with Crippen molar-refractivity contribution in [2.24, 2.45) is 7.05 Å². The zero-order valence-electron chi connectivity index (χ0n) is 5.64. The van der Waals surface area contributed by atoms with E-state index >= 15 is 0 Å². The monoisotopic (exact) mass is 126 g/mol. The molecule has 3 heteroatoms. The van der Waals surface area contributed by atoms with Gasteiger partial charge in [0.1, 0.15) is 0 Å². The van der Waals surface area contributed by atoms with Crippen molar-refractivity contribution >= 4 is 0 Å². The van der Waals surface area contributed by atoms with Crippen LogP contribution in [0.2, 0.25) is 0 Å². The number of aryl methyl sites for hydroxylation is 2. The molecule has 0 saturated heterocycles. The molecule has 0 atom stereocenters. The van der Waals surface area contributed by atoms with Crippen molar-refractivity contribution in [3.63, 3.8) is 0 Å². The zero-order valence-corrected chi connectivity index (χ0v) is 5.64. The van der Waals surface area contributed by atoms with E-state index in [1.54, 1.807) is 13.2 Å². The van der Waals surface area contributed by atoms with E-state index in [-0.39, 0.29) is 5.56 Å². The van der Waals surface area contributed by atoms with Crippen molar-refractivity contribution in [1.82, 2.24) is 9.78 Å². The number of hydrogen-bond donors (Lipinski definition) is 1. The van der Waals surface area contributed by atoms with Crippen LogP contribution in [0.4, 0.5) is 0 Å². The Kier molecular flexibility index (Phi) is 1.42. The average Bonchev–Trinajstić information content (AvgIpc) is 2.15. The number of aromatic nitrogens is 2. The molecule has 0 bridgehead atoms. The van der Waals surface area contributed by atoms with Gasteiger partial charge < -0.3 is 5.10 Å². The van der Waals surface area contributed by atoms with Crippen molar-refractivity contribution in [2.75, 3.05) is 0 Å². The Balaban J connectivity index is 3.20. The van der Waals surface area contributed by atoms with E-state index in [9.17, 15) is 4.79 Å². The van der Waals surface area contributed by atoms with E-state index < -0.39 is 0 Å². The number of nitrogens with one attached hydrogen (secondary N) is 1. The third-order valence-corrected chi connectivity index (χ3v) is 1.39. The van der Waals surface area contributed by atoms with Crippen LogP contribution in [0.15, 0.2) is 11.0 Å². The van der Waals surface area contributed by atoms with Gasteiger partial charge >= 0.3 is 0 Å². The maximum atomic E-state index is 10.9. The van der Waals surface area contributed by atoms with Crippen LogP contribution in [0.25, 0.3) is 0 Å². The minimum absolute atomic E-state index is 0.0810. The molecule has 0 unspecified atom stereocenters. The molecule has 0 aliphatic heterocycles. The lowest BCUT2D eigenvalue weighted by Gasteiger charge is -1.82. The zero-order chi connectivity index (χ0) is 6.85. The van der Waals surface area contributed by atoms with Crippen LogP contribution >= 0.6 is 0 Å².